The predicted octanol–water partition coefficient (Wildman–Crippen LogP) is 3.90. The Kier molecular flexibility index (Phi) is 4.46. The highest BCUT2D eigenvalue weighted by Gasteiger charge is 2.49. The third-order valence-electron chi connectivity index (χ3n) is 5.40. The first-order chi connectivity index (χ1) is 13.1. The molecule has 28 heavy (non-hydrogen) atoms. The number of fused-ring (bicyclic) bond motifs is 3. The number of nitrogens with one attached hydrogen (secondary N) is 1. The Hall–Kier alpha value is -2.06. The summed E-state index contributed by atoms with van der Waals surface area (Å²) < 4.78 is 51.3. The van der Waals surface area contributed by atoms with Gasteiger partial charge in [0, 0.05) is 30.3 Å². The van der Waals surface area contributed by atoms with E-state index in [1.807, 2.05) is 0 Å². The fourth-order valence-corrected chi connectivity index (χ4v) is 4.64. The summed E-state index contributed by atoms with van der Waals surface area (Å²) in [6.45, 7) is 1.99. The van der Waals surface area contributed by atoms with Crippen LogP contribution in [0.25, 0.3) is 10.9 Å². The van der Waals surface area contributed by atoms with E-state index in [2.05, 4.69) is 10.3 Å². The van der Waals surface area contributed by atoms with Gasteiger partial charge in [-0.3, -0.25) is 4.79 Å². The lowest BCUT2D eigenvalue weighted by molar-refractivity contribution is -0.143. The minimum Gasteiger partial charge on any atom is -0.484 e. The maximum atomic E-state index is 13.4. The van der Waals surface area contributed by atoms with Gasteiger partial charge in [-0.2, -0.15) is 13.2 Å². The molecule has 2 aromatic rings. The van der Waals surface area contributed by atoms with Crippen molar-refractivity contribution in [2.45, 2.75) is 43.0 Å². The first-order valence-electron chi connectivity index (χ1n) is 8.80. The largest absolute Gasteiger partial charge is 0.484 e. The molecular weight excluding hydrogens is 397 g/mol. The topological polar surface area (TPSA) is 60.5 Å². The van der Waals surface area contributed by atoms with E-state index in [4.69, 9.17) is 21.1 Å². The molecule has 0 bridgehead atoms. The number of pyridine rings is 1. The highest BCUT2D eigenvalue weighted by Crippen LogP contribution is 2.50. The summed E-state index contributed by atoms with van der Waals surface area (Å²) in [5.74, 6) is 0.00552. The molecule has 2 aliphatic heterocycles. The average molecular weight is 415 g/mol. The lowest BCUT2D eigenvalue weighted by Gasteiger charge is -2.38. The molecule has 1 N–H and O–H groups in total. The van der Waals surface area contributed by atoms with E-state index >= 15 is 0 Å². The van der Waals surface area contributed by atoms with Gasteiger partial charge in [0.1, 0.15) is 17.4 Å². The summed E-state index contributed by atoms with van der Waals surface area (Å²) in [6.07, 6.45) is -3.80. The quantitative estimate of drug-likeness (QED) is 0.566. The first-order valence-corrected chi connectivity index (χ1v) is 9.23. The summed E-state index contributed by atoms with van der Waals surface area (Å²) in [7, 11) is 1.31. The van der Waals surface area contributed by atoms with Crippen molar-refractivity contribution in [1.29, 1.82) is 0 Å². The summed E-state index contributed by atoms with van der Waals surface area (Å²) in [5, 5.41) is 2.84. The van der Waals surface area contributed by atoms with Crippen molar-refractivity contribution >= 4 is 28.5 Å². The molecule has 0 saturated carbocycles. The Balaban J connectivity index is 1.81. The highest BCUT2D eigenvalue weighted by molar-refractivity contribution is 6.22. The second kappa shape index (κ2) is 6.49. The Morgan fingerprint density at radius 1 is 1.39 bits per heavy atom. The minimum absolute atomic E-state index is 0.131. The van der Waals surface area contributed by atoms with Gasteiger partial charge in [0.2, 0.25) is 0 Å². The number of carbonyl (C=O) groups is 1. The molecule has 0 radical (unpaired) electrons. The Labute approximate surface area is 164 Å². The smallest absolute Gasteiger partial charge is 0.418 e. The number of methoxy groups -OCH3 is 1. The molecule has 1 aromatic carbocycles. The number of esters is 1. The summed E-state index contributed by atoms with van der Waals surface area (Å²) >= 11 is 6.66. The standard InChI is InChI=1S/C19H18ClF3N2O3/c1-9-16-14(10-4-3-5-11(15(10)25-9)19(21,22)23)12(20)6-18(28-16)7-13(24-8-18)17(26)27-2/h3-5,12-13,24H,6-8H2,1-2H3. The molecule has 0 aliphatic carbocycles. The molecule has 4 rings (SSSR count). The molecule has 1 saturated heterocycles. The van der Waals surface area contributed by atoms with Gasteiger partial charge in [0.15, 0.2) is 0 Å². The fraction of sp³-hybridized carbons (Fsp3) is 0.474. The van der Waals surface area contributed by atoms with E-state index in [9.17, 15) is 18.0 Å². The van der Waals surface area contributed by atoms with Crippen LogP contribution in [0.4, 0.5) is 13.2 Å². The molecular formula is C19H18ClF3N2O3. The molecule has 5 nitrogen and oxygen atoms in total. The van der Waals surface area contributed by atoms with E-state index in [-0.39, 0.29) is 11.5 Å². The van der Waals surface area contributed by atoms with Crippen LogP contribution in [0.3, 0.4) is 0 Å². The number of aryl methyl sites for hydroxylation is 1. The van der Waals surface area contributed by atoms with E-state index < -0.39 is 28.8 Å². The first kappa shape index (κ1) is 19.3. The summed E-state index contributed by atoms with van der Waals surface area (Å²) in [5.41, 5.74) is -0.811. The highest BCUT2D eigenvalue weighted by atomic mass is 35.5. The molecule has 150 valence electrons. The van der Waals surface area contributed by atoms with E-state index in [1.165, 1.54) is 13.2 Å². The molecule has 0 amide bonds. The number of carbonyl (C=O) groups excluding carboxylic acids is 1. The van der Waals surface area contributed by atoms with Gasteiger partial charge >= 0.3 is 12.1 Å². The Morgan fingerprint density at radius 2 is 2.14 bits per heavy atom. The summed E-state index contributed by atoms with van der Waals surface area (Å²) in [6, 6.07) is 3.43. The minimum atomic E-state index is -4.52. The van der Waals surface area contributed by atoms with Crippen LogP contribution in [0, 0.1) is 6.92 Å². The van der Waals surface area contributed by atoms with Crippen molar-refractivity contribution < 1.29 is 27.4 Å². The van der Waals surface area contributed by atoms with Gasteiger partial charge in [-0.25, -0.2) is 4.98 Å². The number of hydrogen-bond donors (Lipinski definition) is 1. The monoisotopic (exact) mass is 414 g/mol. The maximum absolute atomic E-state index is 13.4. The number of alkyl halides is 4. The number of para-hydroxylation sites is 1. The second-order valence-electron chi connectivity index (χ2n) is 7.26. The zero-order valence-corrected chi connectivity index (χ0v) is 15.9. The van der Waals surface area contributed by atoms with Crippen LogP contribution in [0.2, 0.25) is 0 Å². The molecule has 9 heteroatoms. The van der Waals surface area contributed by atoms with Gasteiger partial charge in [0.25, 0.3) is 0 Å². The van der Waals surface area contributed by atoms with Crippen LogP contribution >= 0.6 is 11.6 Å². The van der Waals surface area contributed by atoms with Gasteiger partial charge in [0.05, 0.1) is 29.3 Å². The van der Waals surface area contributed by atoms with Gasteiger partial charge in [-0.15, -0.1) is 11.6 Å². The number of rotatable bonds is 1. The van der Waals surface area contributed by atoms with E-state index in [1.54, 1.807) is 13.0 Å². The molecule has 1 spiro atoms. The van der Waals surface area contributed by atoms with Crippen molar-refractivity contribution in [3.05, 3.63) is 35.0 Å². The van der Waals surface area contributed by atoms with Crippen LogP contribution < -0.4 is 10.1 Å². The van der Waals surface area contributed by atoms with Crippen molar-refractivity contribution in [3.8, 4) is 5.75 Å². The number of halogens is 4. The average Bonchev–Trinajstić information content (AvgIpc) is 3.03. The van der Waals surface area contributed by atoms with Crippen LogP contribution in [-0.2, 0) is 15.7 Å². The van der Waals surface area contributed by atoms with E-state index in [0.717, 1.165) is 6.07 Å². The SMILES string of the molecule is COC(=O)C1CC2(CN1)CC(Cl)c1c(c(C)nc3c(C(F)(F)F)cccc13)O2. The van der Waals surface area contributed by atoms with Crippen LogP contribution in [0.1, 0.15) is 35.0 Å². The zero-order chi connectivity index (χ0) is 20.3. The van der Waals surface area contributed by atoms with Crippen molar-refractivity contribution in [2.75, 3.05) is 13.7 Å². The molecule has 1 fully saturated rings. The lowest BCUT2D eigenvalue weighted by Crippen LogP contribution is -2.42. The molecule has 3 unspecified atom stereocenters. The van der Waals surface area contributed by atoms with Gasteiger partial charge in [-0.1, -0.05) is 12.1 Å². The van der Waals surface area contributed by atoms with Crippen molar-refractivity contribution in [2.24, 2.45) is 0 Å². The van der Waals surface area contributed by atoms with E-state index in [0.29, 0.717) is 41.8 Å². The predicted molar refractivity (Wildman–Crippen MR) is 96.5 cm³/mol. The van der Waals surface area contributed by atoms with Crippen molar-refractivity contribution in [1.82, 2.24) is 10.3 Å². The lowest BCUT2D eigenvalue weighted by atomic mass is 9.86. The number of ether oxygens (including phenoxy) is 2. The number of nitrogens with zero attached hydrogens (tertiary/aromatic N) is 1. The van der Waals surface area contributed by atoms with Gasteiger partial charge < -0.3 is 14.8 Å². The fourth-order valence-electron chi connectivity index (χ4n) is 4.14. The third kappa shape index (κ3) is 2.99. The zero-order valence-electron chi connectivity index (χ0n) is 15.2. The Morgan fingerprint density at radius 3 is 2.82 bits per heavy atom. The van der Waals surface area contributed by atoms with Crippen LogP contribution in [0.15, 0.2) is 18.2 Å². The number of aromatic nitrogens is 1. The normalized spacial score (nSPS) is 26.9. The number of hydrogen-bond acceptors (Lipinski definition) is 5. The van der Waals surface area contributed by atoms with Crippen molar-refractivity contribution in [3.63, 3.8) is 0 Å². The van der Waals surface area contributed by atoms with Crippen LogP contribution in [0.5, 0.6) is 5.75 Å². The summed E-state index contributed by atoms with van der Waals surface area (Å²) in [4.78, 5) is 16.0. The molecule has 3 heterocycles. The molecule has 2 aliphatic rings. The second-order valence-corrected chi connectivity index (χ2v) is 7.78. The van der Waals surface area contributed by atoms with Gasteiger partial charge in [-0.05, 0) is 13.0 Å². The third-order valence-corrected chi connectivity index (χ3v) is 5.77. The number of benzene rings is 1. The maximum Gasteiger partial charge on any atom is 0.418 e. The molecule has 1 aromatic heterocycles. The Bertz CT molecular complexity index is 966. The van der Waals surface area contributed by atoms with Crippen LogP contribution in [-0.4, -0.2) is 36.3 Å². The molecule has 3 atom stereocenters.